The number of guanidine groups is 4. The Hall–Kier alpha value is -12.9. The van der Waals surface area contributed by atoms with Crippen molar-refractivity contribution < 1.29 is 96.8 Å². The van der Waals surface area contributed by atoms with Gasteiger partial charge >= 0.3 is 5.97 Å². The van der Waals surface area contributed by atoms with E-state index in [0.717, 1.165) is 4.90 Å². The summed E-state index contributed by atoms with van der Waals surface area (Å²) in [5, 5.41) is 105. The van der Waals surface area contributed by atoms with Crippen molar-refractivity contribution in [3.63, 3.8) is 0 Å². The van der Waals surface area contributed by atoms with Crippen LogP contribution >= 0.6 is 0 Å². The van der Waals surface area contributed by atoms with Gasteiger partial charge in [0.05, 0.1) is 25.8 Å². The van der Waals surface area contributed by atoms with E-state index in [1.54, 1.807) is 71.9 Å². The van der Waals surface area contributed by atoms with Gasteiger partial charge in [0.25, 0.3) is 0 Å². The van der Waals surface area contributed by atoms with E-state index in [1.807, 2.05) is 0 Å². The lowest BCUT2D eigenvalue weighted by Gasteiger charge is -2.30. The van der Waals surface area contributed by atoms with Crippen LogP contribution in [0.5, 0.6) is 0 Å². The third-order valence-electron chi connectivity index (χ3n) is 20.3. The highest BCUT2D eigenvalue weighted by atomic mass is 16.4. The SMILES string of the molecule is CC[C@H](C)[C@H](NC(=O)[C@H](CCNC(=N)N)NC(=O)[C@@H](NC(=O)[C@H](CO)NC(=O)[C@H](CCCCN)NC(=O)[C@H](CCNC(=N)N)NC(=O)[C@@H](N)[C@@H](C)O)[C@@H](C)CC)C(=O)N[C@@H](CCC(N)=O)C(=O)N[C@@H](CCNC(=N)N)C(=O)NCC(=O)N1CCC[C@H]1C(=O)NCC(=O)N[C@@H](CCNC(=N)N)C(=O)N[C@@H](C)C(=O)N[C@@H](Cc1ccccc1)C(=O)N[C@H](C(=O)O)C(C)C. The quantitative estimate of drug-likeness (QED) is 0.0164. The second kappa shape index (κ2) is 56.8. The Balaban J connectivity index is 2.40. The Morgan fingerprint density at radius 1 is 0.452 bits per heavy atom. The summed E-state index contributed by atoms with van der Waals surface area (Å²) in [5.74, 6) is -20.9. The Bertz CT molecular complexity index is 3900. The lowest BCUT2D eigenvalue weighted by atomic mass is 9.96. The highest BCUT2D eigenvalue weighted by Crippen LogP contribution is 2.19. The molecule has 0 saturated carbocycles. The minimum atomic E-state index is -1.81. The van der Waals surface area contributed by atoms with Gasteiger partial charge in [-0.05, 0) is 108 Å². The van der Waals surface area contributed by atoms with E-state index in [1.165, 1.54) is 13.8 Å². The number of nitrogens with two attached hydrogens (primary N) is 7. The molecule has 1 aromatic carbocycles. The summed E-state index contributed by atoms with van der Waals surface area (Å²) in [4.78, 5) is 235. The molecule has 0 spiro atoms. The molecule has 0 radical (unpaired) electrons. The molecule has 17 atom stereocenters. The van der Waals surface area contributed by atoms with Gasteiger partial charge in [-0.25, -0.2) is 4.79 Å². The maximum Gasteiger partial charge on any atom is 0.326 e. The maximum atomic E-state index is 14.7. The second-order valence-electron chi connectivity index (χ2n) is 30.7. The van der Waals surface area contributed by atoms with E-state index in [4.69, 9.17) is 61.8 Å². The Morgan fingerprint density at radius 2 is 0.849 bits per heavy atom. The lowest BCUT2D eigenvalue weighted by Crippen LogP contribution is -2.62. The number of aliphatic hydroxyl groups is 2. The average molecular weight is 1790 g/mol. The van der Waals surface area contributed by atoms with Crippen molar-refractivity contribution in [1.29, 1.82) is 21.6 Å². The zero-order chi connectivity index (χ0) is 95.2. The molecule has 706 valence electrons. The summed E-state index contributed by atoms with van der Waals surface area (Å²) in [6, 6.07) is -12.5. The number of hydrogen-bond donors (Lipinski definition) is 32. The minimum Gasteiger partial charge on any atom is -0.480 e. The van der Waals surface area contributed by atoms with Crippen molar-refractivity contribution in [2.45, 2.75) is 236 Å². The molecule has 1 aliphatic heterocycles. The monoisotopic (exact) mass is 1790 g/mol. The number of hydrogen-bond acceptors (Lipinski definition) is 25. The molecule has 50 heteroatoms. The highest BCUT2D eigenvalue weighted by molar-refractivity contribution is 6.01. The first-order valence-electron chi connectivity index (χ1n) is 41.4. The number of aliphatic carboxylic acids is 1. The van der Waals surface area contributed by atoms with Crippen LogP contribution in [0.1, 0.15) is 144 Å². The van der Waals surface area contributed by atoms with Crippen molar-refractivity contribution in [3.8, 4) is 0 Å². The first-order chi connectivity index (χ1) is 59.3. The summed E-state index contributed by atoms with van der Waals surface area (Å²) in [6.07, 6.45) is -2.47. The molecule has 1 aliphatic rings. The Kier molecular flexibility index (Phi) is 49.2. The zero-order valence-corrected chi connectivity index (χ0v) is 72.3. The third kappa shape index (κ3) is 40.2. The number of likely N-dealkylation sites (tertiary alicyclic amines) is 1. The molecule has 1 heterocycles. The van der Waals surface area contributed by atoms with Crippen LogP contribution in [0.2, 0.25) is 0 Å². The van der Waals surface area contributed by atoms with Crippen molar-refractivity contribution in [3.05, 3.63) is 35.9 Å². The average Bonchev–Trinajstić information content (AvgIpc) is 1.22. The van der Waals surface area contributed by atoms with Gasteiger partial charge < -0.3 is 156 Å². The number of carboxylic acids is 1. The van der Waals surface area contributed by atoms with Crippen molar-refractivity contribution in [2.75, 3.05) is 59.0 Å². The Morgan fingerprint density at radius 3 is 1.29 bits per heavy atom. The molecule has 2 rings (SSSR count). The molecular weight excluding hydrogens is 1650 g/mol. The molecular formula is C76H132N30O20. The molecule has 1 aromatic rings. The summed E-state index contributed by atoms with van der Waals surface area (Å²) >= 11 is 0. The predicted molar refractivity (Wildman–Crippen MR) is 457 cm³/mol. The van der Waals surface area contributed by atoms with E-state index in [-0.39, 0.29) is 110 Å². The van der Waals surface area contributed by atoms with Gasteiger partial charge in [-0.2, -0.15) is 0 Å². The van der Waals surface area contributed by atoms with E-state index < -0.39 is 265 Å². The molecule has 126 heavy (non-hydrogen) atoms. The van der Waals surface area contributed by atoms with Gasteiger partial charge in [-0.1, -0.05) is 84.7 Å². The highest BCUT2D eigenvalue weighted by Gasteiger charge is 2.40. The summed E-state index contributed by atoms with van der Waals surface area (Å²) in [5.41, 5.74) is 39.6. The number of carbonyl (C=O) groups excluding carboxylic acids is 16. The van der Waals surface area contributed by atoms with Crippen LogP contribution in [0, 0.1) is 39.4 Å². The third-order valence-corrected chi connectivity index (χ3v) is 20.3. The topological polar surface area (TPSA) is 848 Å². The minimum absolute atomic E-state index is 0.0208. The van der Waals surface area contributed by atoms with Crippen LogP contribution in [0.15, 0.2) is 30.3 Å². The number of unbranched alkanes of at least 4 members (excludes halogenated alkanes) is 1. The number of carboxylic acid groups (broad SMARTS) is 1. The zero-order valence-electron chi connectivity index (χ0n) is 72.3. The van der Waals surface area contributed by atoms with Gasteiger partial charge in [-0.3, -0.25) is 98.3 Å². The number of nitrogens with one attached hydrogen (secondary N) is 22. The van der Waals surface area contributed by atoms with Crippen LogP contribution in [-0.4, -0.2) is 294 Å². The molecule has 0 unspecified atom stereocenters. The van der Waals surface area contributed by atoms with Gasteiger partial charge in [0.15, 0.2) is 23.8 Å². The largest absolute Gasteiger partial charge is 0.480 e. The fourth-order valence-electron chi connectivity index (χ4n) is 12.5. The van der Waals surface area contributed by atoms with Gasteiger partial charge in [0, 0.05) is 45.6 Å². The predicted octanol–water partition coefficient (Wildman–Crippen LogP) is -11.3. The van der Waals surface area contributed by atoms with Crippen LogP contribution in [0.3, 0.4) is 0 Å². The molecule has 16 amide bonds. The number of benzene rings is 1. The number of carbonyl (C=O) groups is 17. The maximum absolute atomic E-state index is 14.7. The van der Waals surface area contributed by atoms with Crippen molar-refractivity contribution in [1.82, 2.24) is 101 Å². The first-order valence-corrected chi connectivity index (χ1v) is 41.4. The smallest absolute Gasteiger partial charge is 0.326 e. The summed E-state index contributed by atoms with van der Waals surface area (Å²) in [6.45, 7) is 8.77. The van der Waals surface area contributed by atoms with Crippen molar-refractivity contribution in [2.24, 2.45) is 57.9 Å². The van der Waals surface area contributed by atoms with E-state index >= 15 is 0 Å². The van der Waals surface area contributed by atoms with E-state index in [2.05, 4.69) is 95.7 Å². The van der Waals surface area contributed by atoms with Gasteiger partial charge in [0.1, 0.15) is 84.6 Å². The molecule has 1 saturated heterocycles. The van der Waals surface area contributed by atoms with Gasteiger partial charge in [0.2, 0.25) is 94.5 Å². The van der Waals surface area contributed by atoms with Gasteiger partial charge in [-0.15, -0.1) is 0 Å². The van der Waals surface area contributed by atoms with E-state index in [9.17, 15) is 96.8 Å². The van der Waals surface area contributed by atoms with E-state index in [0.29, 0.717) is 12.0 Å². The van der Waals surface area contributed by atoms with Crippen LogP contribution in [0.4, 0.5) is 0 Å². The molecule has 1 fully saturated rings. The molecule has 0 aromatic heterocycles. The fraction of sp³-hybridized carbons (Fsp3) is 0.645. The number of primary amides is 1. The summed E-state index contributed by atoms with van der Waals surface area (Å²) in [7, 11) is 0. The van der Waals surface area contributed by atoms with Crippen molar-refractivity contribution >= 4 is 124 Å². The Labute approximate surface area is 729 Å². The second-order valence-corrected chi connectivity index (χ2v) is 30.7. The number of amides is 16. The summed E-state index contributed by atoms with van der Waals surface area (Å²) < 4.78 is 0. The van der Waals surface area contributed by atoms with Crippen LogP contribution in [-0.2, 0) is 87.9 Å². The molecule has 0 bridgehead atoms. The lowest BCUT2D eigenvalue weighted by molar-refractivity contribution is -0.143. The standard InChI is InChI=1S/C76H132N30O20/c1-9-38(5)57(104-65(118)48(26-31-91-76(86)87)100-71(124)58(39(6)10-2)105-67(120)50(36-107)102-62(115)43(19-14-15-27-77)96-64(117)47(25-30-90-75(84)85)98-69(122)55(79)41(8)108)70(123)99-44(21-22-52(78)109)63(116)97-45(23-28-88-73(80)81)60(113)93-35-54(111)106-32-16-20-51(106)68(121)92-34-53(110)95-46(24-29-89-74(82)83)61(114)94-40(7)59(112)101-49(33-42-17-12-11-13-18-42)66(119)103-56(37(3)4)72(125)126/h11-13,17-18,37-41,43-51,55-58,107-108H,9-10,14-16,19-36,77,79H2,1-8H3,(H2,78,109)(H,92,121)(H,93,113)(H,94,114)(H,95,110)(H,96,117)(H,97,116)(H,98,122)(H,99,123)(H,100,124)(H,101,112)(H,102,115)(H,103,119)(H,104,118)(H,105,120)(H,125,126)(H4,80,81,88)(H4,82,83,89)(H4,84,85,90)(H4,86,87,91)/t38-,39-,40-,41+,43-,44-,45-,46-,47-,48-,49-,50-,51-,55-,56-,57-,58-/m0/s1. The normalized spacial score (nSPS) is 16.0. The number of nitrogens with zero attached hydrogens (tertiary/aromatic N) is 1. The fourth-order valence-corrected chi connectivity index (χ4v) is 12.5. The van der Waals surface area contributed by atoms with Crippen LogP contribution in [0.25, 0.3) is 0 Å². The first kappa shape index (κ1) is 109. The number of rotatable bonds is 58. The number of aliphatic hydroxyl groups excluding tert-OH is 2. The van der Waals surface area contributed by atoms with Crippen LogP contribution < -0.4 is 136 Å². The molecule has 0 aliphatic carbocycles. The molecule has 39 N–H and O–H groups in total. The molecule has 50 nitrogen and oxygen atoms in total.